The minimum Gasteiger partial charge on any atom is -0.389 e. The van der Waals surface area contributed by atoms with E-state index >= 15 is 0 Å². The zero-order valence-corrected chi connectivity index (χ0v) is 10.9. The van der Waals surface area contributed by atoms with E-state index in [2.05, 4.69) is 15.5 Å². The van der Waals surface area contributed by atoms with Crippen molar-refractivity contribution in [3.05, 3.63) is 17.8 Å². The molecule has 18 heavy (non-hydrogen) atoms. The van der Waals surface area contributed by atoms with Crippen LogP contribution in [0, 0.1) is 0 Å². The van der Waals surface area contributed by atoms with Crippen molar-refractivity contribution in [2.24, 2.45) is 5.73 Å². The minimum atomic E-state index is -0.222. The van der Waals surface area contributed by atoms with Crippen LogP contribution in [0.1, 0.15) is 18.4 Å². The lowest BCUT2D eigenvalue weighted by Gasteiger charge is -2.25. The number of anilines is 1. The van der Waals surface area contributed by atoms with E-state index in [1.165, 1.54) is 0 Å². The Labute approximate surface area is 111 Å². The average molecular weight is 265 g/mol. The lowest BCUT2D eigenvalue weighted by Crippen LogP contribution is -2.43. The topological polar surface area (TPSA) is 84.1 Å². The monoisotopic (exact) mass is 265 g/mol. The standard InChI is InChI=1S/C11H15N5OS/c1-13-11(17)8-3-2-6-16(8)10-7(9(12)18)4-5-14-15-10/h4-5,8H,2-3,6H2,1H3,(H2,12,18)(H,13,17). The minimum absolute atomic E-state index is 0.0213. The highest BCUT2D eigenvalue weighted by atomic mass is 32.1. The van der Waals surface area contributed by atoms with Crippen LogP contribution >= 0.6 is 12.2 Å². The molecule has 0 aromatic carbocycles. The van der Waals surface area contributed by atoms with Gasteiger partial charge in [0.15, 0.2) is 5.82 Å². The number of amides is 1. The molecule has 1 aromatic heterocycles. The molecular weight excluding hydrogens is 250 g/mol. The molecule has 7 heteroatoms. The third-order valence-corrected chi connectivity index (χ3v) is 3.26. The van der Waals surface area contributed by atoms with Gasteiger partial charge in [0.25, 0.3) is 0 Å². The van der Waals surface area contributed by atoms with E-state index in [-0.39, 0.29) is 16.9 Å². The predicted molar refractivity (Wildman–Crippen MR) is 72.4 cm³/mol. The lowest BCUT2D eigenvalue weighted by molar-refractivity contribution is -0.121. The largest absolute Gasteiger partial charge is 0.389 e. The van der Waals surface area contributed by atoms with Crippen molar-refractivity contribution in [1.29, 1.82) is 0 Å². The van der Waals surface area contributed by atoms with Gasteiger partial charge in [-0.3, -0.25) is 4.79 Å². The molecule has 96 valence electrons. The van der Waals surface area contributed by atoms with E-state index in [1.807, 2.05) is 4.90 Å². The Morgan fingerprint density at radius 1 is 1.67 bits per heavy atom. The summed E-state index contributed by atoms with van der Waals surface area (Å²) in [6.07, 6.45) is 3.28. The number of likely N-dealkylation sites (N-methyl/N-ethyl adjacent to an activating group) is 1. The maximum Gasteiger partial charge on any atom is 0.242 e. The number of thiocarbonyl (C=S) groups is 1. The lowest BCUT2D eigenvalue weighted by atomic mass is 10.2. The van der Waals surface area contributed by atoms with Crippen LogP contribution in [0.2, 0.25) is 0 Å². The van der Waals surface area contributed by atoms with Gasteiger partial charge in [0, 0.05) is 13.6 Å². The van der Waals surface area contributed by atoms with Gasteiger partial charge in [0.05, 0.1) is 11.8 Å². The average Bonchev–Trinajstić information content (AvgIpc) is 2.86. The molecule has 1 amide bonds. The number of rotatable bonds is 3. The van der Waals surface area contributed by atoms with Gasteiger partial charge in [-0.1, -0.05) is 12.2 Å². The van der Waals surface area contributed by atoms with Crippen molar-refractivity contribution in [1.82, 2.24) is 15.5 Å². The van der Waals surface area contributed by atoms with E-state index in [9.17, 15) is 4.79 Å². The molecule has 1 aromatic rings. The first-order valence-corrected chi connectivity index (χ1v) is 6.15. The molecule has 1 fully saturated rings. The second-order valence-corrected chi connectivity index (χ2v) is 4.54. The normalized spacial score (nSPS) is 18.7. The van der Waals surface area contributed by atoms with Crippen LogP contribution in [0.5, 0.6) is 0 Å². The van der Waals surface area contributed by atoms with Gasteiger partial charge < -0.3 is 16.0 Å². The highest BCUT2D eigenvalue weighted by molar-refractivity contribution is 7.80. The third kappa shape index (κ3) is 2.26. The number of aromatic nitrogens is 2. The fourth-order valence-corrected chi connectivity index (χ4v) is 2.35. The molecule has 0 radical (unpaired) electrons. The molecule has 1 unspecified atom stereocenters. The molecule has 0 aliphatic carbocycles. The second kappa shape index (κ2) is 5.26. The van der Waals surface area contributed by atoms with E-state index < -0.39 is 0 Å². The van der Waals surface area contributed by atoms with Crippen molar-refractivity contribution in [2.75, 3.05) is 18.5 Å². The van der Waals surface area contributed by atoms with Crippen molar-refractivity contribution >= 4 is 28.9 Å². The quantitative estimate of drug-likeness (QED) is 0.738. The Morgan fingerprint density at radius 3 is 3.11 bits per heavy atom. The highest BCUT2D eigenvalue weighted by Crippen LogP contribution is 2.26. The predicted octanol–water partition coefficient (Wildman–Crippen LogP) is -0.174. The third-order valence-electron chi connectivity index (χ3n) is 3.04. The van der Waals surface area contributed by atoms with Gasteiger partial charge in [-0.25, -0.2) is 0 Å². The van der Waals surface area contributed by atoms with E-state index in [1.54, 1.807) is 19.3 Å². The number of carbonyl (C=O) groups excluding carboxylic acids is 1. The number of nitrogens with zero attached hydrogens (tertiary/aromatic N) is 3. The number of hydrogen-bond donors (Lipinski definition) is 2. The van der Waals surface area contributed by atoms with Crippen LogP contribution in [0.15, 0.2) is 12.3 Å². The van der Waals surface area contributed by atoms with Crippen LogP contribution < -0.4 is 16.0 Å². The van der Waals surface area contributed by atoms with Crippen LogP contribution in [-0.2, 0) is 4.79 Å². The van der Waals surface area contributed by atoms with Gasteiger partial charge in [0.1, 0.15) is 11.0 Å². The maximum absolute atomic E-state index is 11.8. The molecule has 0 saturated carbocycles. The molecule has 6 nitrogen and oxygen atoms in total. The summed E-state index contributed by atoms with van der Waals surface area (Å²) in [4.78, 5) is 14.0. The summed E-state index contributed by atoms with van der Waals surface area (Å²) in [5, 5.41) is 10.6. The Morgan fingerprint density at radius 2 is 2.44 bits per heavy atom. The van der Waals surface area contributed by atoms with Crippen molar-refractivity contribution in [3.63, 3.8) is 0 Å². The molecule has 1 aliphatic rings. The number of nitrogens with two attached hydrogens (primary N) is 1. The Bertz CT molecular complexity index is 478. The number of hydrogen-bond acceptors (Lipinski definition) is 5. The molecule has 2 rings (SSSR count). The molecular formula is C11H15N5OS. The fourth-order valence-electron chi connectivity index (χ4n) is 2.19. The SMILES string of the molecule is CNC(=O)C1CCCN1c1nnccc1C(N)=S. The molecule has 0 spiro atoms. The number of carbonyl (C=O) groups is 1. The Kier molecular flexibility index (Phi) is 3.71. The van der Waals surface area contributed by atoms with Crippen molar-refractivity contribution in [2.45, 2.75) is 18.9 Å². The Hall–Kier alpha value is -1.76. The second-order valence-electron chi connectivity index (χ2n) is 4.10. The first-order valence-electron chi connectivity index (χ1n) is 5.75. The van der Waals surface area contributed by atoms with E-state index in [0.717, 1.165) is 19.4 Å². The zero-order valence-electron chi connectivity index (χ0n) is 10.1. The summed E-state index contributed by atoms with van der Waals surface area (Å²) < 4.78 is 0. The molecule has 1 aliphatic heterocycles. The molecule has 1 saturated heterocycles. The first kappa shape index (κ1) is 12.7. The maximum atomic E-state index is 11.8. The summed E-state index contributed by atoms with van der Waals surface area (Å²) in [7, 11) is 1.63. The summed E-state index contributed by atoms with van der Waals surface area (Å²) in [5.74, 6) is 0.572. The first-order chi connectivity index (χ1) is 8.65. The van der Waals surface area contributed by atoms with Crippen molar-refractivity contribution < 1.29 is 4.79 Å². The van der Waals surface area contributed by atoms with Crippen LogP contribution in [-0.4, -0.2) is 40.7 Å². The van der Waals surface area contributed by atoms with Crippen LogP contribution in [0.3, 0.4) is 0 Å². The van der Waals surface area contributed by atoms with Crippen LogP contribution in [0.25, 0.3) is 0 Å². The summed E-state index contributed by atoms with van der Waals surface area (Å²) >= 11 is 5.00. The van der Waals surface area contributed by atoms with Gasteiger partial charge in [-0.15, -0.1) is 5.10 Å². The van der Waals surface area contributed by atoms with Gasteiger partial charge in [-0.05, 0) is 18.9 Å². The molecule has 1 atom stereocenters. The summed E-state index contributed by atoms with van der Waals surface area (Å²) in [6.45, 7) is 0.756. The van der Waals surface area contributed by atoms with Crippen LogP contribution in [0.4, 0.5) is 5.82 Å². The van der Waals surface area contributed by atoms with Gasteiger partial charge in [-0.2, -0.15) is 5.10 Å². The smallest absolute Gasteiger partial charge is 0.242 e. The number of nitrogens with one attached hydrogen (secondary N) is 1. The van der Waals surface area contributed by atoms with Gasteiger partial charge in [0.2, 0.25) is 5.91 Å². The van der Waals surface area contributed by atoms with Crippen molar-refractivity contribution in [3.8, 4) is 0 Å². The Balaban J connectivity index is 2.36. The fraction of sp³-hybridized carbons (Fsp3) is 0.455. The summed E-state index contributed by atoms with van der Waals surface area (Å²) in [5.41, 5.74) is 6.34. The van der Waals surface area contributed by atoms with Gasteiger partial charge >= 0.3 is 0 Å². The summed E-state index contributed by atoms with van der Waals surface area (Å²) in [6, 6.07) is 1.50. The highest BCUT2D eigenvalue weighted by Gasteiger charge is 2.32. The van der Waals surface area contributed by atoms with E-state index in [4.69, 9.17) is 18.0 Å². The molecule has 0 bridgehead atoms. The molecule has 3 N–H and O–H groups in total. The van der Waals surface area contributed by atoms with E-state index in [0.29, 0.717) is 11.4 Å². The molecule has 2 heterocycles. The zero-order chi connectivity index (χ0) is 13.1.